The molecule has 3 aliphatic heterocycles. The number of hydrogen-bond donors (Lipinski definition) is 2. The zero-order valence-electron chi connectivity index (χ0n) is 19.9. The lowest BCUT2D eigenvalue weighted by atomic mass is 9.79. The van der Waals surface area contributed by atoms with Gasteiger partial charge in [-0.3, -0.25) is 24.0 Å². The summed E-state index contributed by atoms with van der Waals surface area (Å²) in [7, 11) is 1.18. The third-order valence-electron chi connectivity index (χ3n) is 7.31. The van der Waals surface area contributed by atoms with E-state index in [-0.39, 0.29) is 38.3 Å². The quantitative estimate of drug-likeness (QED) is 0.452. The van der Waals surface area contributed by atoms with E-state index in [0.717, 1.165) is 36.7 Å². The number of methoxy groups -OCH3 is 1. The van der Waals surface area contributed by atoms with E-state index < -0.39 is 36.3 Å². The molecular weight excluding hydrogens is 444 g/mol. The highest BCUT2D eigenvalue weighted by molar-refractivity contribution is 5.94. The molecule has 0 spiro atoms. The molecule has 0 aromatic heterocycles. The van der Waals surface area contributed by atoms with Gasteiger partial charge in [0.1, 0.15) is 12.6 Å². The summed E-state index contributed by atoms with van der Waals surface area (Å²) in [5.41, 5.74) is 0. The predicted molar refractivity (Wildman–Crippen MR) is 120 cm³/mol. The second kappa shape index (κ2) is 12.1. The summed E-state index contributed by atoms with van der Waals surface area (Å²) in [4.78, 5) is 65.5. The first-order valence-corrected chi connectivity index (χ1v) is 12.2. The largest absolute Gasteiger partial charge is 0.480 e. The number of hydrogen-bond acceptors (Lipinski definition) is 7. The molecule has 0 saturated carbocycles. The third-order valence-corrected chi connectivity index (χ3v) is 7.31. The molecule has 3 aliphatic rings. The number of nitrogens with one attached hydrogen (secondary N) is 1. The molecule has 0 aromatic carbocycles. The van der Waals surface area contributed by atoms with Crippen LogP contribution in [0.5, 0.6) is 0 Å². The minimum absolute atomic E-state index is 0.0469. The number of aliphatic carboxylic acids is 1. The number of rotatable bonds is 8. The van der Waals surface area contributed by atoms with Crippen molar-refractivity contribution in [1.29, 1.82) is 0 Å². The standard InChI is InChI=1S/C23H36N4O7/c1-34-22(32)14-18-23(33)26(15-21(30)31)12-13-27(18)20(29)3-2-19(28)25-10-6-17(7-11-25)16-4-8-24-9-5-16/h16-18,24H,2-15H2,1H3,(H,30,31)/t18-/m0/s1. The zero-order valence-corrected chi connectivity index (χ0v) is 19.9. The molecule has 3 saturated heterocycles. The lowest BCUT2D eigenvalue weighted by molar-refractivity contribution is -0.159. The molecule has 0 aliphatic carbocycles. The summed E-state index contributed by atoms with van der Waals surface area (Å²) in [6.45, 7) is 3.22. The third kappa shape index (κ3) is 6.68. The van der Waals surface area contributed by atoms with Crippen molar-refractivity contribution in [2.75, 3.05) is 52.9 Å². The number of likely N-dealkylation sites (tertiary alicyclic amines) is 1. The molecule has 0 radical (unpaired) electrons. The Morgan fingerprint density at radius 1 is 0.941 bits per heavy atom. The SMILES string of the molecule is COC(=O)C[C@H]1C(=O)N(CC(=O)O)CCN1C(=O)CCC(=O)N1CCC(C2CCNCC2)CC1. The molecule has 1 atom stereocenters. The van der Waals surface area contributed by atoms with Crippen LogP contribution < -0.4 is 5.32 Å². The normalized spacial score (nSPS) is 22.6. The second-order valence-electron chi connectivity index (χ2n) is 9.34. The van der Waals surface area contributed by atoms with Gasteiger partial charge in [0, 0.05) is 39.0 Å². The highest BCUT2D eigenvalue weighted by atomic mass is 16.5. The van der Waals surface area contributed by atoms with Crippen molar-refractivity contribution in [1.82, 2.24) is 20.0 Å². The highest BCUT2D eigenvalue weighted by Gasteiger charge is 2.39. The van der Waals surface area contributed by atoms with Gasteiger partial charge in [-0.2, -0.15) is 0 Å². The van der Waals surface area contributed by atoms with E-state index in [0.29, 0.717) is 19.0 Å². The molecule has 3 rings (SSSR count). The highest BCUT2D eigenvalue weighted by Crippen LogP contribution is 2.31. The van der Waals surface area contributed by atoms with Crippen molar-refractivity contribution in [3.63, 3.8) is 0 Å². The average Bonchev–Trinajstić information content (AvgIpc) is 2.85. The Balaban J connectivity index is 1.51. The molecule has 11 nitrogen and oxygen atoms in total. The van der Waals surface area contributed by atoms with Crippen LogP contribution in [0.3, 0.4) is 0 Å². The first kappa shape index (κ1) is 25.9. The van der Waals surface area contributed by atoms with E-state index in [1.54, 1.807) is 0 Å². The number of ether oxygens (including phenoxy) is 1. The van der Waals surface area contributed by atoms with Crippen molar-refractivity contribution in [2.45, 2.75) is 51.0 Å². The maximum atomic E-state index is 12.9. The van der Waals surface area contributed by atoms with Crippen LogP contribution in [-0.2, 0) is 28.7 Å². The smallest absolute Gasteiger partial charge is 0.323 e. The van der Waals surface area contributed by atoms with Gasteiger partial charge >= 0.3 is 11.9 Å². The van der Waals surface area contributed by atoms with E-state index in [2.05, 4.69) is 10.1 Å². The summed E-state index contributed by atoms with van der Waals surface area (Å²) in [6, 6.07) is -1.12. The van der Waals surface area contributed by atoms with Gasteiger partial charge in [0.2, 0.25) is 17.7 Å². The average molecular weight is 481 g/mol. The Hall–Kier alpha value is -2.69. The number of esters is 1. The van der Waals surface area contributed by atoms with Crippen molar-refractivity contribution >= 4 is 29.7 Å². The zero-order chi connectivity index (χ0) is 24.7. The van der Waals surface area contributed by atoms with Crippen molar-refractivity contribution in [3.8, 4) is 0 Å². The summed E-state index contributed by atoms with van der Waals surface area (Å²) in [5, 5.41) is 12.4. The summed E-state index contributed by atoms with van der Waals surface area (Å²) >= 11 is 0. The summed E-state index contributed by atoms with van der Waals surface area (Å²) in [5.74, 6) is -1.52. The van der Waals surface area contributed by atoms with E-state index in [1.165, 1.54) is 24.9 Å². The molecule has 34 heavy (non-hydrogen) atoms. The molecule has 3 fully saturated rings. The Morgan fingerprint density at radius 2 is 1.56 bits per heavy atom. The van der Waals surface area contributed by atoms with Crippen molar-refractivity contribution in [2.24, 2.45) is 11.8 Å². The number of piperidine rings is 2. The van der Waals surface area contributed by atoms with Crippen LogP contribution >= 0.6 is 0 Å². The van der Waals surface area contributed by atoms with Crippen LogP contribution in [0, 0.1) is 11.8 Å². The van der Waals surface area contributed by atoms with Crippen molar-refractivity contribution in [3.05, 3.63) is 0 Å². The van der Waals surface area contributed by atoms with Gasteiger partial charge in [-0.05, 0) is 50.6 Å². The van der Waals surface area contributed by atoms with Crippen LogP contribution in [-0.4, -0.2) is 108 Å². The number of amides is 3. The van der Waals surface area contributed by atoms with Crippen LogP contribution in [0.1, 0.15) is 44.9 Å². The first-order valence-electron chi connectivity index (χ1n) is 12.2. The van der Waals surface area contributed by atoms with Gasteiger partial charge in [-0.15, -0.1) is 0 Å². The van der Waals surface area contributed by atoms with Gasteiger partial charge in [0.15, 0.2) is 0 Å². The van der Waals surface area contributed by atoms with E-state index in [4.69, 9.17) is 5.11 Å². The number of carboxylic acid groups (broad SMARTS) is 1. The van der Waals surface area contributed by atoms with Gasteiger partial charge in [0.25, 0.3) is 0 Å². The molecule has 11 heteroatoms. The molecule has 3 heterocycles. The first-order chi connectivity index (χ1) is 16.3. The second-order valence-corrected chi connectivity index (χ2v) is 9.34. The summed E-state index contributed by atoms with van der Waals surface area (Å²) in [6.07, 6.45) is 4.01. The van der Waals surface area contributed by atoms with Gasteiger partial charge in [0.05, 0.1) is 13.5 Å². The maximum Gasteiger partial charge on any atom is 0.323 e. The van der Waals surface area contributed by atoms with Gasteiger partial charge < -0.3 is 29.9 Å². The van der Waals surface area contributed by atoms with Crippen molar-refractivity contribution < 1.29 is 33.8 Å². The molecule has 0 bridgehead atoms. The number of nitrogens with zero attached hydrogens (tertiary/aromatic N) is 3. The minimum atomic E-state index is -1.17. The van der Waals surface area contributed by atoms with Crippen LogP contribution in [0.4, 0.5) is 0 Å². The van der Waals surface area contributed by atoms with Gasteiger partial charge in [-0.1, -0.05) is 0 Å². The fourth-order valence-electron chi connectivity index (χ4n) is 5.35. The number of carboxylic acids is 1. The molecule has 0 unspecified atom stereocenters. The number of piperazine rings is 1. The predicted octanol–water partition coefficient (Wildman–Crippen LogP) is -0.308. The molecular formula is C23H36N4O7. The molecule has 3 amide bonds. The number of carbonyl (C=O) groups is 5. The van der Waals surface area contributed by atoms with Crippen LogP contribution in [0.2, 0.25) is 0 Å². The Kier molecular flexibility index (Phi) is 9.26. The van der Waals surface area contributed by atoms with E-state index in [9.17, 15) is 24.0 Å². The lowest BCUT2D eigenvalue weighted by Crippen LogP contribution is -2.60. The fraction of sp³-hybridized carbons (Fsp3) is 0.783. The Bertz CT molecular complexity index is 775. The van der Waals surface area contributed by atoms with E-state index >= 15 is 0 Å². The number of carbonyl (C=O) groups excluding carboxylic acids is 4. The maximum absolute atomic E-state index is 12.9. The lowest BCUT2D eigenvalue weighted by Gasteiger charge is -2.40. The van der Waals surface area contributed by atoms with Crippen LogP contribution in [0.25, 0.3) is 0 Å². The molecule has 0 aromatic rings. The minimum Gasteiger partial charge on any atom is -0.480 e. The van der Waals surface area contributed by atoms with Crippen LogP contribution in [0.15, 0.2) is 0 Å². The topological polar surface area (TPSA) is 137 Å². The van der Waals surface area contributed by atoms with Gasteiger partial charge in [-0.25, -0.2) is 0 Å². The summed E-state index contributed by atoms with van der Waals surface area (Å²) < 4.78 is 4.65. The fourth-order valence-corrected chi connectivity index (χ4v) is 5.35. The molecule has 190 valence electrons. The monoisotopic (exact) mass is 480 g/mol. The Morgan fingerprint density at radius 3 is 2.18 bits per heavy atom. The molecule has 2 N–H and O–H groups in total. The Labute approximate surface area is 199 Å². The van der Waals surface area contributed by atoms with E-state index in [1.807, 2.05) is 4.90 Å².